The fourth-order valence-corrected chi connectivity index (χ4v) is 5.21. The lowest BCUT2D eigenvalue weighted by atomic mass is 9.76. The summed E-state index contributed by atoms with van der Waals surface area (Å²) in [6.45, 7) is 12.1. The second kappa shape index (κ2) is 14.2. The molecule has 0 aliphatic heterocycles. The molecule has 0 aromatic heterocycles. The Kier molecular flexibility index (Phi) is 11.3. The van der Waals surface area contributed by atoms with Crippen molar-refractivity contribution >= 4 is 17.5 Å². The number of ether oxygens (including phenoxy) is 2. The smallest absolute Gasteiger partial charge is 0.230 e. The van der Waals surface area contributed by atoms with Crippen LogP contribution < -0.4 is 0 Å². The lowest BCUT2D eigenvalue weighted by molar-refractivity contribution is -0.136. The van der Waals surface area contributed by atoms with Crippen LogP contribution in [0, 0.1) is 5.92 Å². The molecule has 2 aromatic carbocycles. The van der Waals surface area contributed by atoms with Gasteiger partial charge >= 0.3 is 0 Å². The summed E-state index contributed by atoms with van der Waals surface area (Å²) in [6, 6.07) is 16.6. The molecule has 1 atom stereocenters. The summed E-state index contributed by atoms with van der Waals surface area (Å²) < 4.78 is 11.2. The molecule has 36 heavy (non-hydrogen) atoms. The molecule has 3 rings (SSSR count). The zero-order valence-corrected chi connectivity index (χ0v) is 23.4. The maximum Gasteiger partial charge on any atom is 0.230 e. The Morgan fingerprint density at radius 3 is 2.19 bits per heavy atom. The summed E-state index contributed by atoms with van der Waals surface area (Å²) in [5.74, 6) is 0.398. The summed E-state index contributed by atoms with van der Waals surface area (Å²) >= 11 is 6.19. The molecule has 1 aliphatic rings. The van der Waals surface area contributed by atoms with Crippen molar-refractivity contribution in [2.75, 3.05) is 33.0 Å². The zero-order chi connectivity index (χ0) is 26.0. The van der Waals surface area contributed by atoms with Gasteiger partial charge in [-0.15, -0.1) is 0 Å². The zero-order valence-electron chi connectivity index (χ0n) is 22.6. The Bertz CT molecular complexity index is 914. The van der Waals surface area contributed by atoms with Crippen LogP contribution in [0.15, 0.2) is 48.5 Å². The van der Waals surface area contributed by atoms with E-state index < -0.39 is 0 Å². The van der Waals surface area contributed by atoms with Crippen LogP contribution in [0.1, 0.15) is 82.4 Å². The highest BCUT2D eigenvalue weighted by molar-refractivity contribution is 6.30. The molecule has 0 heterocycles. The van der Waals surface area contributed by atoms with Gasteiger partial charge in [0.1, 0.15) is 0 Å². The molecule has 0 N–H and O–H groups in total. The molecular formula is C31H44ClNO3. The number of carbonyl (C=O) groups is 1. The van der Waals surface area contributed by atoms with Crippen molar-refractivity contribution < 1.29 is 14.3 Å². The second-order valence-corrected chi connectivity index (χ2v) is 11.4. The quantitative estimate of drug-likeness (QED) is 0.278. The van der Waals surface area contributed by atoms with Gasteiger partial charge in [-0.1, -0.05) is 88.0 Å². The van der Waals surface area contributed by atoms with Crippen LogP contribution in [-0.2, 0) is 26.2 Å². The van der Waals surface area contributed by atoms with E-state index >= 15 is 0 Å². The topological polar surface area (TPSA) is 38.8 Å². The monoisotopic (exact) mass is 513 g/mol. The Morgan fingerprint density at radius 2 is 1.58 bits per heavy atom. The van der Waals surface area contributed by atoms with Crippen LogP contribution in [0.4, 0.5) is 0 Å². The fourth-order valence-electron chi connectivity index (χ4n) is 5.09. The van der Waals surface area contributed by atoms with Crippen LogP contribution in [0.2, 0.25) is 5.02 Å². The number of carbonyl (C=O) groups excluding carboxylic acids is 1. The maximum atomic E-state index is 14.2. The maximum absolute atomic E-state index is 14.2. The van der Waals surface area contributed by atoms with Gasteiger partial charge in [0, 0.05) is 24.7 Å². The predicted octanol–water partition coefficient (Wildman–Crippen LogP) is 7.38. The SMILES string of the molecule is CCOCCOCCN(Cc1ccc(C(C)(C)C)cc1)C(=O)C(c1ccc(Cl)cc1)C1CCCCC1. The first-order chi connectivity index (χ1) is 17.3. The highest BCUT2D eigenvalue weighted by Gasteiger charge is 2.34. The third-order valence-electron chi connectivity index (χ3n) is 7.20. The van der Waals surface area contributed by atoms with Crippen LogP contribution >= 0.6 is 11.6 Å². The number of benzene rings is 2. The van der Waals surface area contributed by atoms with Gasteiger partial charge in [-0.05, 0) is 59.9 Å². The largest absolute Gasteiger partial charge is 0.379 e. The van der Waals surface area contributed by atoms with E-state index in [4.69, 9.17) is 21.1 Å². The summed E-state index contributed by atoms with van der Waals surface area (Å²) in [6.07, 6.45) is 5.83. The molecule has 0 bridgehead atoms. The van der Waals surface area contributed by atoms with E-state index in [0.717, 1.165) is 24.0 Å². The van der Waals surface area contributed by atoms with Crippen molar-refractivity contribution in [1.29, 1.82) is 0 Å². The van der Waals surface area contributed by atoms with E-state index in [1.54, 1.807) is 0 Å². The average Bonchev–Trinajstić information content (AvgIpc) is 2.87. The van der Waals surface area contributed by atoms with Crippen molar-refractivity contribution in [2.24, 2.45) is 5.92 Å². The molecule has 1 amide bonds. The van der Waals surface area contributed by atoms with Gasteiger partial charge in [0.25, 0.3) is 0 Å². The predicted molar refractivity (Wildman–Crippen MR) is 149 cm³/mol. The molecule has 0 spiro atoms. The van der Waals surface area contributed by atoms with Crippen molar-refractivity contribution in [1.82, 2.24) is 4.90 Å². The van der Waals surface area contributed by atoms with E-state index in [9.17, 15) is 4.79 Å². The van der Waals surface area contributed by atoms with Gasteiger partial charge in [0.2, 0.25) is 5.91 Å². The first kappa shape index (κ1) is 28.7. The Labute approximate surface area is 223 Å². The highest BCUT2D eigenvalue weighted by Crippen LogP contribution is 2.38. The Hall–Kier alpha value is -1.88. The van der Waals surface area contributed by atoms with Gasteiger partial charge in [0.15, 0.2) is 0 Å². The molecule has 198 valence electrons. The van der Waals surface area contributed by atoms with E-state index in [0.29, 0.717) is 50.5 Å². The molecule has 5 heteroatoms. The lowest BCUT2D eigenvalue weighted by Gasteiger charge is -2.34. The van der Waals surface area contributed by atoms with Crippen LogP contribution in [0.25, 0.3) is 0 Å². The van der Waals surface area contributed by atoms with Crippen LogP contribution in [0.3, 0.4) is 0 Å². The normalized spacial score (nSPS) is 15.6. The summed E-state index contributed by atoms with van der Waals surface area (Å²) in [5, 5.41) is 0.701. The van der Waals surface area contributed by atoms with Gasteiger partial charge in [-0.3, -0.25) is 4.79 Å². The number of amides is 1. The molecule has 4 nitrogen and oxygen atoms in total. The molecule has 0 saturated heterocycles. The van der Waals surface area contributed by atoms with Crippen LogP contribution in [-0.4, -0.2) is 43.8 Å². The summed E-state index contributed by atoms with van der Waals surface area (Å²) in [7, 11) is 0. The van der Waals surface area contributed by atoms with E-state index in [1.807, 2.05) is 36.1 Å². The standard InChI is InChI=1S/C31H44ClNO3/c1-5-35-21-22-36-20-19-33(23-24-11-15-27(16-12-24)31(2,3)4)30(34)29(25-9-7-6-8-10-25)26-13-17-28(32)18-14-26/h11-18,25,29H,5-10,19-23H2,1-4H3. The van der Waals surface area contributed by atoms with Gasteiger partial charge in [-0.2, -0.15) is 0 Å². The summed E-state index contributed by atoms with van der Waals surface area (Å²) in [4.78, 5) is 16.2. The number of hydrogen-bond donors (Lipinski definition) is 0. The Morgan fingerprint density at radius 1 is 0.944 bits per heavy atom. The highest BCUT2D eigenvalue weighted by atomic mass is 35.5. The molecule has 1 aliphatic carbocycles. The number of halogens is 1. The minimum absolute atomic E-state index is 0.100. The number of rotatable bonds is 12. The lowest BCUT2D eigenvalue weighted by Crippen LogP contribution is -2.40. The third-order valence-corrected chi connectivity index (χ3v) is 7.46. The second-order valence-electron chi connectivity index (χ2n) is 10.9. The average molecular weight is 514 g/mol. The minimum Gasteiger partial charge on any atom is -0.379 e. The van der Waals surface area contributed by atoms with Crippen molar-refractivity contribution in [2.45, 2.75) is 77.7 Å². The van der Waals surface area contributed by atoms with Crippen molar-refractivity contribution in [3.05, 3.63) is 70.2 Å². The fraction of sp³-hybridized carbons (Fsp3) is 0.581. The third kappa shape index (κ3) is 8.61. The molecule has 2 aromatic rings. The number of nitrogens with zero attached hydrogens (tertiary/aromatic N) is 1. The molecule has 0 radical (unpaired) electrons. The molecular weight excluding hydrogens is 470 g/mol. The number of hydrogen-bond acceptors (Lipinski definition) is 3. The molecule has 1 fully saturated rings. The molecule has 1 unspecified atom stereocenters. The van der Waals surface area contributed by atoms with Gasteiger partial charge in [0.05, 0.1) is 25.7 Å². The minimum atomic E-state index is -0.153. The first-order valence-electron chi connectivity index (χ1n) is 13.6. The van der Waals surface area contributed by atoms with E-state index in [-0.39, 0.29) is 17.2 Å². The van der Waals surface area contributed by atoms with E-state index in [2.05, 4.69) is 45.0 Å². The first-order valence-corrected chi connectivity index (χ1v) is 14.0. The van der Waals surface area contributed by atoms with Crippen molar-refractivity contribution in [3.63, 3.8) is 0 Å². The van der Waals surface area contributed by atoms with E-state index in [1.165, 1.54) is 24.8 Å². The van der Waals surface area contributed by atoms with Crippen LogP contribution in [0.5, 0.6) is 0 Å². The summed E-state index contributed by atoms with van der Waals surface area (Å²) in [5.41, 5.74) is 3.61. The van der Waals surface area contributed by atoms with Crippen molar-refractivity contribution in [3.8, 4) is 0 Å². The molecule has 1 saturated carbocycles. The Balaban J connectivity index is 1.82. The van der Waals surface area contributed by atoms with Gasteiger partial charge in [-0.25, -0.2) is 0 Å². The van der Waals surface area contributed by atoms with Gasteiger partial charge < -0.3 is 14.4 Å².